The molecule has 0 aromatic heterocycles. The second-order valence-electron chi connectivity index (χ2n) is 4.05. The van der Waals surface area contributed by atoms with Crippen molar-refractivity contribution >= 4 is 22.8 Å². The molecule has 100 valence electrons. The first-order valence-electron chi connectivity index (χ1n) is 5.41. The molecule has 0 aliphatic heterocycles. The van der Waals surface area contributed by atoms with Crippen LogP contribution in [-0.4, -0.2) is 45.4 Å². The van der Waals surface area contributed by atoms with Crippen molar-refractivity contribution in [1.82, 2.24) is 10.6 Å². The number of carboxylic acids is 1. The fourth-order valence-electron chi connectivity index (χ4n) is 1.33. The molecule has 2 atom stereocenters. The lowest BCUT2D eigenvalue weighted by Crippen LogP contribution is -2.55. The van der Waals surface area contributed by atoms with Crippen molar-refractivity contribution in [2.45, 2.75) is 32.2 Å². The molecule has 0 aromatic rings. The predicted molar refractivity (Wildman–Crippen MR) is 66.4 cm³/mol. The SMILES string of the molecule is CCCC(C)(NC(=O)NCCS(C)=O)C(=O)O. The van der Waals surface area contributed by atoms with Gasteiger partial charge in [-0.1, -0.05) is 13.3 Å². The average Bonchev–Trinajstić information content (AvgIpc) is 2.16. The molecule has 0 fully saturated rings. The third-order valence-electron chi connectivity index (χ3n) is 2.29. The van der Waals surface area contributed by atoms with E-state index in [-0.39, 0.29) is 6.54 Å². The minimum Gasteiger partial charge on any atom is -0.480 e. The van der Waals surface area contributed by atoms with E-state index >= 15 is 0 Å². The maximum atomic E-state index is 11.4. The molecule has 0 saturated carbocycles. The Balaban J connectivity index is 4.22. The van der Waals surface area contributed by atoms with Crippen molar-refractivity contribution in [3.05, 3.63) is 0 Å². The van der Waals surface area contributed by atoms with Crippen LogP contribution in [0.15, 0.2) is 0 Å². The highest BCUT2D eigenvalue weighted by Crippen LogP contribution is 2.12. The summed E-state index contributed by atoms with van der Waals surface area (Å²) in [6.45, 7) is 3.58. The van der Waals surface area contributed by atoms with E-state index in [1.807, 2.05) is 6.92 Å². The van der Waals surface area contributed by atoms with Crippen LogP contribution in [0.2, 0.25) is 0 Å². The van der Waals surface area contributed by atoms with Crippen LogP contribution in [0.5, 0.6) is 0 Å². The fraction of sp³-hybridized carbons (Fsp3) is 0.800. The zero-order valence-electron chi connectivity index (χ0n) is 10.4. The van der Waals surface area contributed by atoms with Crippen molar-refractivity contribution in [3.63, 3.8) is 0 Å². The van der Waals surface area contributed by atoms with E-state index in [0.717, 1.165) is 0 Å². The van der Waals surface area contributed by atoms with Crippen molar-refractivity contribution in [3.8, 4) is 0 Å². The van der Waals surface area contributed by atoms with E-state index in [1.165, 1.54) is 13.2 Å². The molecule has 0 saturated heterocycles. The number of amides is 2. The summed E-state index contributed by atoms with van der Waals surface area (Å²) in [7, 11) is -0.976. The van der Waals surface area contributed by atoms with Crippen molar-refractivity contribution in [2.75, 3.05) is 18.6 Å². The van der Waals surface area contributed by atoms with E-state index in [2.05, 4.69) is 10.6 Å². The number of carbonyl (C=O) groups is 2. The molecule has 0 bridgehead atoms. The molecule has 2 unspecified atom stereocenters. The van der Waals surface area contributed by atoms with Crippen LogP contribution in [0, 0.1) is 0 Å². The van der Waals surface area contributed by atoms with Gasteiger partial charge in [-0.3, -0.25) is 4.21 Å². The second kappa shape index (κ2) is 7.26. The number of carboxylic acid groups (broad SMARTS) is 1. The van der Waals surface area contributed by atoms with Crippen molar-refractivity contribution in [2.24, 2.45) is 0 Å². The van der Waals surface area contributed by atoms with Gasteiger partial charge in [-0.15, -0.1) is 0 Å². The summed E-state index contributed by atoms with van der Waals surface area (Å²) in [5.74, 6) is -0.709. The van der Waals surface area contributed by atoms with Gasteiger partial charge in [-0.25, -0.2) is 9.59 Å². The van der Waals surface area contributed by atoms with E-state index in [1.54, 1.807) is 0 Å². The zero-order valence-corrected chi connectivity index (χ0v) is 11.2. The van der Waals surface area contributed by atoms with Crippen LogP contribution >= 0.6 is 0 Å². The molecule has 0 radical (unpaired) electrons. The standard InChI is InChI=1S/C10H20N2O4S/c1-4-5-10(2,8(13)14)12-9(15)11-6-7-17(3)16/h4-7H2,1-3H3,(H,13,14)(H2,11,12,15). The number of hydrogen-bond donors (Lipinski definition) is 3. The molecular formula is C10H20N2O4S. The van der Waals surface area contributed by atoms with Gasteiger partial charge in [0, 0.05) is 29.4 Å². The molecule has 3 N–H and O–H groups in total. The Morgan fingerprint density at radius 2 is 2.00 bits per heavy atom. The molecular weight excluding hydrogens is 244 g/mol. The van der Waals surface area contributed by atoms with Gasteiger partial charge in [-0.2, -0.15) is 0 Å². The first kappa shape index (κ1) is 15.9. The lowest BCUT2D eigenvalue weighted by Gasteiger charge is -2.25. The predicted octanol–water partition coefficient (Wildman–Crippen LogP) is 0.308. The molecule has 0 heterocycles. The van der Waals surface area contributed by atoms with E-state index in [0.29, 0.717) is 18.6 Å². The lowest BCUT2D eigenvalue weighted by molar-refractivity contribution is -0.144. The van der Waals surface area contributed by atoms with Crippen LogP contribution in [-0.2, 0) is 15.6 Å². The third kappa shape index (κ3) is 6.25. The number of urea groups is 1. The van der Waals surface area contributed by atoms with Gasteiger partial charge in [0.25, 0.3) is 0 Å². The smallest absolute Gasteiger partial charge is 0.329 e. The van der Waals surface area contributed by atoms with Gasteiger partial charge in [0.15, 0.2) is 0 Å². The van der Waals surface area contributed by atoms with Crippen molar-refractivity contribution in [1.29, 1.82) is 0 Å². The highest BCUT2D eigenvalue weighted by molar-refractivity contribution is 7.84. The Morgan fingerprint density at radius 1 is 1.41 bits per heavy atom. The normalized spacial score (nSPS) is 15.7. The molecule has 0 aliphatic carbocycles. The quantitative estimate of drug-likeness (QED) is 0.616. The largest absolute Gasteiger partial charge is 0.480 e. The summed E-state index contributed by atoms with van der Waals surface area (Å²) < 4.78 is 10.8. The third-order valence-corrected chi connectivity index (χ3v) is 3.07. The van der Waals surface area contributed by atoms with Crippen LogP contribution in [0.1, 0.15) is 26.7 Å². The van der Waals surface area contributed by atoms with Gasteiger partial charge in [-0.05, 0) is 13.3 Å². The number of rotatable bonds is 7. The molecule has 2 amide bonds. The fourth-order valence-corrected chi connectivity index (χ4v) is 1.72. The summed E-state index contributed by atoms with van der Waals surface area (Å²) >= 11 is 0. The molecule has 0 spiro atoms. The minimum absolute atomic E-state index is 0.261. The van der Waals surface area contributed by atoms with Gasteiger partial charge in [0.2, 0.25) is 0 Å². The van der Waals surface area contributed by atoms with Gasteiger partial charge >= 0.3 is 12.0 Å². The maximum absolute atomic E-state index is 11.4. The zero-order chi connectivity index (χ0) is 13.5. The Morgan fingerprint density at radius 3 is 2.41 bits per heavy atom. The first-order chi connectivity index (χ1) is 7.81. The van der Waals surface area contributed by atoms with E-state index in [4.69, 9.17) is 5.11 Å². The van der Waals surface area contributed by atoms with Crippen LogP contribution in [0.3, 0.4) is 0 Å². The monoisotopic (exact) mass is 264 g/mol. The van der Waals surface area contributed by atoms with Crippen LogP contribution in [0.25, 0.3) is 0 Å². The molecule has 7 heteroatoms. The van der Waals surface area contributed by atoms with E-state index < -0.39 is 28.3 Å². The van der Waals surface area contributed by atoms with Gasteiger partial charge in [0.05, 0.1) is 0 Å². The maximum Gasteiger partial charge on any atom is 0.329 e. The average molecular weight is 264 g/mol. The number of hydrogen-bond acceptors (Lipinski definition) is 3. The Kier molecular flexibility index (Phi) is 6.79. The van der Waals surface area contributed by atoms with Gasteiger partial charge < -0.3 is 15.7 Å². The van der Waals surface area contributed by atoms with Gasteiger partial charge in [0.1, 0.15) is 5.54 Å². The highest BCUT2D eigenvalue weighted by atomic mass is 32.2. The molecule has 17 heavy (non-hydrogen) atoms. The lowest BCUT2D eigenvalue weighted by atomic mass is 9.97. The summed E-state index contributed by atoms with van der Waals surface area (Å²) in [5.41, 5.74) is -1.26. The highest BCUT2D eigenvalue weighted by Gasteiger charge is 2.33. The minimum atomic E-state index is -1.26. The van der Waals surface area contributed by atoms with Crippen LogP contribution in [0.4, 0.5) is 4.79 Å². The second-order valence-corrected chi connectivity index (χ2v) is 5.60. The van der Waals surface area contributed by atoms with E-state index in [9.17, 15) is 13.8 Å². The Bertz CT molecular complexity index is 309. The molecule has 0 aliphatic rings. The number of nitrogens with one attached hydrogen (secondary N) is 2. The number of carbonyl (C=O) groups excluding carboxylic acids is 1. The molecule has 0 rings (SSSR count). The van der Waals surface area contributed by atoms with Crippen molar-refractivity contribution < 1.29 is 18.9 Å². The first-order valence-corrected chi connectivity index (χ1v) is 7.14. The summed E-state index contributed by atoms with van der Waals surface area (Å²) in [6, 6.07) is -0.547. The Hall–Kier alpha value is -1.11. The summed E-state index contributed by atoms with van der Waals surface area (Å²) in [5, 5.41) is 13.9. The molecule has 6 nitrogen and oxygen atoms in total. The summed E-state index contributed by atoms with van der Waals surface area (Å²) in [4.78, 5) is 22.5. The molecule has 0 aromatic carbocycles. The number of aliphatic carboxylic acids is 1. The topological polar surface area (TPSA) is 95.5 Å². The van der Waals surface area contributed by atoms with Crippen LogP contribution < -0.4 is 10.6 Å². The Labute approximate surface area is 104 Å². The summed E-state index contributed by atoms with van der Waals surface area (Å²) in [6.07, 6.45) is 2.55.